The highest BCUT2D eigenvalue weighted by Crippen LogP contribution is 2.34. The van der Waals surface area contributed by atoms with Crippen LogP contribution in [0, 0.1) is 5.92 Å². The summed E-state index contributed by atoms with van der Waals surface area (Å²) < 4.78 is 10.6. The summed E-state index contributed by atoms with van der Waals surface area (Å²) >= 11 is 0. The van der Waals surface area contributed by atoms with Crippen molar-refractivity contribution in [3.05, 3.63) is 35.5 Å². The number of carbonyl (C=O) groups is 2. The van der Waals surface area contributed by atoms with Crippen LogP contribution in [0.2, 0.25) is 0 Å². The molecular weight excluding hydrogens is 324 g/mol. The van der Waals surface area contributed by atoms with Crippen LogP contribution in [-0.4, -0.2) is 47.1 Å². The lowest BCUT2D eigenvalue weighted by molar-refractivity contribution is -0.160. The predicted octanol–water partition coefficient (Wildman–Crippen LogP) is 1.82. The standard InChI is InChI=1S/C19H26O6/c1-12-15-8-7-13(11-24-18(22)19(2,3)23)5-4-6-14(10-20)9-16(15)25-17(12)21/h6-7,15-16,20,23H,1,4-5,8-11H2,2-3H3/t15-,16+/m1/s1. The van der Waals surface area contributed by atoms with E-state index in [0.717, 1.165) is 11.1 Å². The molecule has 0 aromatic heterocycles. The maximum atomic E-state index is 11.8. The number of ether oxygens (including phenoxy) is 2. The van der Waals surface area contributed by atoms with Gasteiger partial charge in [0.25, 0.3) is 0 Å². The molecule has 1 fully saturated rings. The van der Waals surface area contributed by atoms with Crippen LogP contribution in [0.4, 0.5) is 0 Å². The molecule has 0 amide bonds. The molecule has 0 aromatic carbocycles. The molecule has 0 bridgehead atoms. The molecule has 0 unspecified atom stereocenters. The maximum absolute atomic E-state index is 11.8. The Labute approximate surface area is 147 Å². The second kappa shape index (κ2) is 7.97. The summed E-state index contributed by atoms with van der Waals surface area (Å²) in [6.07, 6.45) is 5.98. The molecule has 0 radical (unpaired) electrons. The number of carbonyl (C=O) groups excluding carboxylic acids is 2. The van der Waals surface area contributed by atoms with Gasteiger partial charge in [0.05, 0.1) is 6.61 Å². The summed E-state index contributed by atoms with van der Waals surface area (Å²) in [4.78, 5) is 23.6. The van der Waals surface area contributed by atoms with Crippen LogP contribution in [0.15, 0.2) is 35.5 Å². The van der Waals surface area contributed by atoms with E-state index in [1.54, 1.807) is 0 Å². The lowest BCUT2D eigenvalue weighted by atomic mass is 9.87. The second-order valence-electron chi connectivity index (χ2n) is 7.07. The Morgan fingerprint density at radius 1 is 1.40 bits per heavy atom. The zero-order chi connectivity index (χ0) is 18.6. The van der Waals surface area contributed by atoms with Crippen molar-refractivity contribution in [3.8, 4) is 0 Å². The van der Waals surface area contributed by atoms with Gasteiger partial charge in [0, 0.05) is 17.9 Å². The van der Waals surface area contributed by atoms with E-state index in [-0.39, 0.29) is 25.2 Å². The molecule has 25 heavy (non-hydrogen) atoms. The van der Waals surface area contributed by atoms with Crippen molar-refractivity contribution in [1.82, 2.24) is 0 Å². The highest BCUT2D eigenvalue weighted by molar-refractivity contribution is 5.90. The van der Waals surface area contributed by atoms with Gasteiger partial charge >= 0.3 is 11.9 Å². The Balaban J connectivity index is 2.13. The molecule has 138 valence electrons. The van der Waals surface area contributed by atoms with Crippen LogP contribution >= 0.6 is 0 Å². The molecule has 1 saturated heterocycles. The average Bonchev–Trinajstić information content (AvgIpc) is 2.81. The van der Waals surface area contributed by atoms with Gasteiger partial charge in [-0.15, -0.1) is 0 Å². The molecule has 2 aliphatic rings. The van der Waals surface area contributed by atoms with Crippen LogP contribution in [0.5, 0.6) is 0 Å². The van der Waals surface area contributed by atoms with Crippen molar-refractivity contribution in [1.29, 1.82) is 0 Å². The fraction of sp³-hybridized carbons (Fsp3) is 0.579. The van der Waals surface area contributed by atoms with Crippen molar-refractivity contribution in [2.24, 2.45) is 5.92 Å². The van der Waals surface area contributed by atoms with E-state index in [1.807, 2.05) is 12.2 Å². The number of esters is 2. The largest absolute Gasteiger partial charge is 0.459 e. The first kappa shape index (κ1) is 19.4. The molecule has 1 aliphatic heterocycles. The second-order valence-corrected chi connectivity index (χ2v) is 7.07. The summed E-state index contributed by atoms with van der Waals surface area (Å²) in [5.41, 5.74) is 0.629. The number of aliphatic hydroxyl groups excluding tert-OH is 1. The number of aliphatic hydroxyl groups is 2. The third-order valence-corrected chi connectivity index (χ3v) is 4.53. The van der Waals surface area contributed by atoms with Gasteiger partial charge < -0.3 is 19.7 Å². The quantitative estimate of drug-likeness (QED) is 0.456. The zero-order valence-electron chi connectivity index (χ0n) is 14.8. The molecule has 2 atom stereocenters. The van der Waals surface area contributed by atoms with Gasteiger partial charge in [-0.25, -0.2) is 9.59 Å². The monoisotopic (exact) mass is 350 g/mol. The number of rotatable bonds is 4. The lowest BCUT2D eigenvalue weighted by Gasteiger charge is -2.20. The van der Waals surface area contributed by atoms with E-state index >= 15 is 0 Å². The zero-order valence-corrected chi connectivity index (χ0v) is 14.8. The number of fused-ring (bicyclic) bond motifs is 1. The highest BCUT2D eigenvalue weighted by atomic mass is 16.6. The fourth-order valence-corrected chi connectivity index (χ4v) is 2.94. The van der Waals surface area contributed by atoms with Crippen molar-refractivity contribution >= 4 is 11.9 Å². The predicted molar refractivity (Wildman–Crippen MR) is 91.5 cm³/mol. The van der Waals surface area contributed by atoms with E-state index in [9.17, 15) is 19.8 Å². The molecule has 6 nitrogen and oxygen atoms in total. The first-order valence-corrected chi connectivity index (χ1v) is 8.48. The Morgan fingerprint density at radius 3 is 2.76 bits per heavy atom. The number of allylic oxidation sites excluding steroid dienone is 2. The summed E-state index contributed by atoms with van der Waals surface area (Å²) in [5, 5.41) is 19.2. The van der Waals surface area contributed by atoms with Crippen molar-refractivity contribution in [2.45, 2.75) is 51.2 Å². The molecule has 2 N–H and O–H groups in total. The highest BCUT2D eigenvalue weighted by Gasteiger charge is 2.38. The van der Waals surface area contributed by atoms with E-state index in [1.165, 1.54) is 13.8 Å². The third kappa shape index (κ3) is 5.03. The first-order valence-electron chi connectivity index (χ1n) is 8.48. The van der Waals surface area contributed by atoms with E-state index in [0.29, 0.717) is 31.3 Å². The molecule has 0 saturated carbocycles. The fourth-order valence-electron chi connectivity index (χ4n) is 2.94. The van der Waals surface area contributed by atoms with Crippen LogP contribution < -0.4 is 0 Å². The van der Waals surface area contributed by atoms with Gasteiger partial charge in [0.15, 0.2) is 5.60 Å². The molecule has 2 rings (SSSR count). The smallest absolute Gasteiger partial charge is 0.337 e. The topological polar surface area (TPSA) is 93.1 Å². The van der Waals surface area contributed by atoms with Crippen molar-refractivity contribution in [2.75, 3.05) is 13.2 Å². The minimum atomic E-state index is -1.54. The van der Waals surface area contributed by atoms with Gasteiger partial charge in [0.1, 0.15) is 12.7 Å². The Hall–Kier alpha value is -1.92. The lowest BCUT2D eigenvalue weighted by Crippen LogP contribution is -2.33. The summed E-state index contributed by atoms with van der Waals surface area (Å²) in [6.45, 7) is 6.58. The Morgan fingerprint density at radius 2 is 2.12 bits per heavy atom. The summed E-state index contributed by atoms with van der Waals surface area (Å²) in [5.74, 6) is -1.23. The summed E-state index contributed by atoms with van der Waals surface area (Å²) in [7, 11) is 0. The van der Waals surface area contributed by atoms with Crippen LogP contribution in [0.1, 0.15) is 39.5 Å². The maximum Gasteiger partial charge on any atom is 0.337 e. The van der Waals surface area contributed by atoms with Gasteiger partial charge in [-0.3, -0.25) is 0 Å². The van der Waals surface area contributed by atoms with Gasteiger partial charge in [0.2, 0.25) is 0 Å². The van der Waals surface area contributed by atoms with Crippen LogP contribution in [-0.2, 0) is 19.1 Å². The normalized spacial score (nSPS) is 24.8. The van der Waals surface area contributed by atoms with Gasteiger partial charge in [-0.1, -0.05) is 18.7 Å². The van der Waals surface area contributed by atoms with E-state index in [4.69, 9.17) is 9.47 Å². The Kier molecular flexibility index (Phi) is 6.19. The molecule has 0 spiro atoms. The molecule has 1 aliphatic carbocycles. The first-order chi connectivity index (χ1) is 11.7. The summed E-state index contributed by atoms with van der Waals surface area (Å²) in [6, 6.07) is 0. The minimum absolute atomic E-state index is 0.0834. The van der Waals surface area contributed by atoms with E-state index < -0.39 is 17.5 Å². The van der Waals surface area contributed by atoms with E-state index in [2.05, 4.69) is 6.58 Å². The van der Waals surface area contributed by atoms with Crippen molar-refractivity contribution in [3.63, 3.8) is 0 Å². The van der Waals surface area contributed by atoms with Crippen LogP contribution in [0.3, 0.4) is 0 Å². The minimum Gasteiger partial charge on any atom is -0.459 e. The van der Waals surface area contributed by atoms with Crippen LogP contribution in [0.25, 0.3) is 0 Å². The Bertz CT molecular complexity index is 608. The third-order valence-electron chi connectivity index (χ3n) is 4.53. The number of hydrogen-bond donors (Lipinski definition) is 2. The average molecular weight is 350 g/mol. The van der Waals surface area contributed by atoms with Crippen molar-refractivity contribution < 1.29 is 29.3 Å². The SMILES string of the molecule is C=C1C(=O)O[C@H]2CC(CO)=CCCC(COC(=O)C(C)(C)O)=CC[C@H]12. The molecular formula is C19H26O6. The molecule has 6 heteroatoms. The van der Waals surface area contributed by atoms with Gasteiger partial charge in [-0.05, 0) is 44.3 Å². The molecule has 0 aromatic rings. The van der Waals surface area contributed by atoms with Gasteiger partial charge in [-0.2, -0.15) is 0 Å². The molecule has 1 heterocycles. The number of hydrogen-bond acceptors (Lipinski definition) is 6.